The quantitative estimate of drug-likeness (QED) is 0.518. The number of H-pyrrole nitrogens is 1. The van der Waals surface area contributed by atoms with Gasteiger partial charge in [0.05, 0.1) is 17.5 Å². The molecule has 2 aromatic heterocycles. The molecule has 0 fully saturated rings. The number of hydrogen-bond acceptors (Lipinski definition) is 3. The fourth-order valence-electron chi connectivity index (χ4n) is 1.51. The highest BCUT2D eigenvalue weighted by atomic mass is 35.5. The van der Waals surface area contributed by atoms with E-state index in [0.29, 0.717) is 11.6 Å². The zero-order chi connectivity index (χ0) is 12.4. The summed E-state index contributed by atoms with van der Waals surface area (Å²) in [4.78, 5) is 18.7. The van der Waals surface area contributed by atoms with Gasteiger partial charge in [-0.05, 0) is 18.6 Å². The van der Waals surface area contributed by atoms with Crippen LogP contribution in [0.3, 0.4) is 0 Å². The monoisotopic (exact) mass is 250 g/mol. The maximum Gasteiger partial charge on any atom is 0.361 e. The first-order valence-electron chi connectivity index (χ1n) is 5.01. The van der Waals surface area contributed by atoms with Gasteiger partial charge in [-0.3, -0.25) is 0 Å². The third-order valence-electron chi connectivity index (χ3n) is 2.27. The molecule has 0 aliphatic carbocycles. The number of ether oxygens (including phenoxy) is 1. The molecular weight excluding hydrogens is 240 g/mol. The molecule has 2 heterocycles. The number of aromatic nitrogens is 2. The van der Waals surface area contributed by atoms with E-state index in [1.54, 1.807) is 25.4 Å². The van der Waals surface area contributed by atoms with Gasteiger partial charge < -0.3 is 9.72 Å². The van der Waals surface area contributed by atoms with Crippen LogP contribution in [0.4, 0.5) is 0 Å². The molecule has 0 bridgehead atoms. The smallest absolute Gasteiger partial charge is 0.361 e. The summed E-state index contributed by atoms with van der Waals surface area (Å²) in [6.07, 6.45) is 3.38. The molecule has 2 aromatic rings. The fourth-order valence-corrected chi connectivity index (χ4v) is 1.73. The number of aromatic amines is 1. The molecule has 0 atom stereocenters. The van der Waals surface area contributed by atoms with Crippen molar-refractivity contribution in [2.24, 2.45) is 0 Å². The van der Waals surface area contributed by atoms with Crippen molar-refractivity contribution in [3.8, 4) is 0 Å². The highest BCUT2D eigenvalue weighted by Crippen LogP contribution is 2.20. The molecule has 0 saturated heterocycles. The molecule has 0 saturated carbocycles. The normalized spacial score (nSPS) is 10.5. The van der Waals surface area contributed by atoms with Gasteiger partial charge in [0.15, 0.2) is 0 Å². The Balaban J connectivity index is 2.42. The Bertz CT molecular complexity index is 589. The lowest BCUT2D eigenvalue weighted by Gasteiger charge is -2.02. The number of hydrogen-bond donors (Lipinski definition) is 1. The molecule has 0 aliphatic rings. The van der Waals surface area contributed by atoms with Crippen LogP contribution in [0.5, 0.6) is 0 Å². The predicted molar refractivity (Wildman–Crippen MR) is 65.9 cm³/mol. The molecule has 2 rings (SSSR count). The van der Waals surface area contributed by atoms with Crippen molar-refractivity contribution >= 4 is 28.5 Å². The standard InChI is InChI=1S/C12H11ClN2O2/c1-7(2)17-12(16)10-3-9-8(4-13)5-14-11(9)6-15-10/h3,5-6,14H,1,4H2,2H3. The van der Waals surface area contributed by atoms with Crippen LogP contribution in [0, 0.1) is 0 Å². The third-order valence-corrected chi connectivity index (χ3v) is 2.56. The Morgan fingerprint density at radius 2 is 2.41 bits per heavy atom. The Hall–Kier alpha value is -1.81. The van der Waals surface area contributed by atoms with Gasteiger partial charge >= 0.3 is 5.97 Å². The zero-order valence-electron chi connectivity index (χ0n) is 9.29. The topological polar surface area (TPSA) is 55.0 Å². The molecule has 0 aliphatic heterocycles. The second kappa shape index (κ2) is 4.59. The number of nitrogens with one attached hydrogen (secondary N) is 1. The van der Waals surface area contributed by atoms with Gasteiger partial charge in [-0.1, -0.05) is 6.58 Å². The van der Waals surface area contributed by atoms with E-state index < -0.39 is 5.97 Å². The molecule has 0 amide bonds. The van der Waals surface area contributed by atoms with Gasteiger partial charge in [-0.15, -0.1) is 11.6 Å². The van der Waals surface area contributed by atoms with Gasteiger partial charge in [-0.2, -0.15) is 0 Å². The van der Waals surface area contributed by atoms with E-state index in [0.717, 1.165) is 16.5 Å². The second-order valence-electron chi connectivity index (χ2n) is 3.65. The minimum Gasteiger partial charge on any atom is -0.427 e. The number of allylic oxidation sites excluding steroid dienone is 1. The van der Waals surface area contributed by atoms with E-state index in [-0.39, 0.29) is 5.69 Å². The maximum atomic E-state index is 11.6. The van der Waals surface area contributed by atoms with Crippen molar-refractivity contribution in [2.75, 3.05) is 0 Å². The number of pyridine rings is 1. The number of rotatable bonds is 3. The Labute approximate surface area is 103 Å². The molecular formula is C12H11ClN2O2. The summed E-state index contributed by atoms with van der Waals surface area (Å²) in [7, 11) is 0. The number of nitrogens with zero attached hydrogens (tertiary/aromatic N) is 1. The van der Waals surface area contributed by atoms with Gasteiger partial charge in [-0.25, -0.2) is 9.78 Å². The van der Waals surface area contributed by atoms with Gasteiger partial charge in [0.25, 0.3) is 0 Å². The first kappa shape index (κ1) is 11.7. The van der Waals surface area contributed by atoms with Crippen molar-refractivity contribution in [3.05, 3.63) is 42.1 Å². The Morgan fingerprint density at radius 3 is 3.06 bits per heavy atom. The lowest BCUT2D eigenvalue weighted by molar-refractivity contribution is 0.0621. The third kappa shape index (κ3) is 2.31. The van der Waals surface area contributed by atoms with Crippen molar-refractivity contribution in [1.82, 2.24) is 9.97 Å². The highest BCUT2D eigenvalue weighted by Gasteiger charge is 2.12. The van der Waals surface area contributed by atoms with Gasteiger partial charge in [0, 0.05) is 17.5 Å². The van der Waals surface area contributed by atoms with E-state index >= 15 is 0 Å². The number of carbonyl (C=O) groups excluding carboxylic acids is 1. The number of halogens is 1. The average molecular weight is 251 g/mol. The molecule has 17 heavy (non-hydrogen) atoms. The average Bonchev–Trinajstić information content (AvgIpc) is 2.69. The van der Waals surface area contributed by atoms with E-state index in [9.17, 15) is 4.79 Å². The Kier molecular flexibility index (Phi) is 3.15. The van der Waals surface area contributed by atoms with E-state index in [1.807, 2.05) is 0 Å². The first-order valence-corrected chi connectivity index (χ1v) is 5.55. The number of alkyl halides is 1. The molecule has 0 spiro atoms. The van der Waals surface area contributed by atoms with Crippen molar-refractivity contribution in [1.29, 1.82) is 0 Å². The minimum absolute atomic E-state index is 0.242. The first-order chi connectivity index (χ1) is 8.11. The molecule has 0 unspecified atom stereocenters. The number of carbonyl (C=O) groups is 1. The van der Waals surface area contributed by atoms with E-state index in [4.69, 9.17) is 16.3 Å². The van der Waals surface area contributed by atoms with Crippen molar-refractivity contribution in [2.45, 2.75) is 12.8 Å². The molecule has 0 radical (unpaired) electrons. The summed E-state index contributed by atoms with van der Waals surface area (Å²) < 4.78 is 4.90. The summed E-state index contributed by atoms with van der Waals surface area (Å²) in [6, 6.07) is 1.66. The van der Waals surface area contributed by atoms with Crippen LogP contribution in [0.2, 0.25) is 0 Å². The molecule has 1 N–H and O–H groups in total. The summed E-state index contributed by atoms with van der Waals surface area (Å²) >= 11 is 5.79. The molecule has 4 nitrogen and oxygen atoms in total. The van der Waals surface area contributed by atoms with Crippen LogP contribution < -0.4 is 0 Å². The van der Waals surface area contributed by atoms with Crippen molar-refractivity contribution < 1.29 is 9.53 Å². The van der Waals surface area contributed by atoms with Crippen LogP contribution in [0.15, 0.2) is 30.8 Å². The number of esters is 1. The summed E-state index contributed by atoms with van der Waals surface area (Å²) in [5, 5.41) is 0.878. The van der Waals surface area contributed by atoms with E-state index in [2.05, 4.69) is 16.5 Å². The summed E-state index contributed by atoms with van der Waals surface area (Å²) in [5.41, 5.74) is 2.01. The lowest BCUT2D eigenvalue weighted by Crippen LogP contribution is -2.05. The van der Waals surface area contributed by atoms with E-state index in [1.165, 1.54) is 0 Å². The Morgan fingerprint density at radius 1 is 1.65 bits per heavy atom. The largest absolute Gasteiger partial charge is 0.427 e. The lowest BCUT2D eigenvalue weighted by atomic mass is 10.2. The van der Waals surface area contributed by atoms with Gasteiger partial charge in [0.1, 0.15) is 5.69 Å². The molecule has 5 heteroatoms. The summed E-state index contributed by atoms with van der Waals surface area (Å²) in [6.45, 7) is 5.12. The van der Waals surface area contributed by atoms with Crippen LogP contribution in [-0.2, 0) is 10.6 Å². The summed E-state index contributed by atoms with van der Waals surface area (Å²) in [5.74, 6) is 0.198. The maximum absolute atomic E-state index is 11.6. The predicted octanol–water partition coefficient (Wildman–Crippen LogP) is 2.99. The second-order valence-corrected chi connectivity index (χ2v) is 3.92. The van der Waals surface area contributed by atoms with Crippen LogP contribution in [0.1, 0.15) is 23.0 Å². The van der Waals surface area contributed by atoms with Crippen LogP contribution in [0.25, 0.3) is 10.9 Å². The SMILES string of the molecule is C=C(C)OC(=O)c1cc2c(CCl)c[nH]c2cn1. The molecule has 0 aromatic carbocycles. The van der Waals surface area contributed by atoms with Crippen LogP contribution >= 0.6 is 11.6 Å². The highest BCUT2D eigenvalue weighted by molar-refractivity contribution is 6.18. The van der Waals surface area contributed by atoms with Crippen molar-refractivity contribution in [3.63, 3.8) is 0 Å². The fraction of sp³-hybridized carbons (Fsp3) is 0.167. The zero-order valence-corrected chi connectivity index (χ0v) is 10.0. The molecule has 88 valence electrons. The number of fused-ring (bicyclic) bond motifs is 1. The van der Waals surface area contributed by atoms with Crippen LogP contribution in [-0.4, -0.2) is 15.9 Å². The van der Waals surface area contributed by atoms with Gasteiger partial charge in [0.2, 0.25) is 0 Å². The minimum atomic E-state index is -0.513.